The number of rotatable bonds is 4. The van der Waals surface area contributed by atoms with Crippen molar-refractivity contribution in [1.82, 2.24) is 5.32 Å². The van der Waals surface area contributed by atoms with Gasteiger partial charge in [-0.25, -0.2) is 0 Å². The molecule has 1 aliphatic heterocycles. The summed E-state index contributed by atoms with van der Waals surface area (Å²) in [6.45, 7) is 6.43. The number of benzene rings is 1. The molecule has 0 radical (unpaired) electrons. The standard InChI is InChI=1S/C15H23N3O2/c1-3-6-17-15(19)14-10-20-8-7-18(14)13-5-4-11(2)9-12(13)16/h4-5,9,14H,3,6-8,10,16H2,1-2H3,(H,17,19). The molecule has 1 heterocycles. The Bertz CT molecular complexity index is 476. The van der Waals surface area contributed by atoms with Gasteiger partial charge in [0.25, 0.3) is 0 Å². The zero-order valence-electron chi connectivity index (χ0n) is 12.2. The van der Waals surface area contributed by atoms with Crippen LogP contribution in [0, 0.1) is 6.92 Å². The summed E-state index contributed by atoms with van der Waals surface area (Å²) in [5.74, 6) is 0.00604. The second-order valence-electron chi connectivity index (χ2n) is 5.14. The topological polar surface area (TPSA) is 67.6 Å². The lowest BCUT2D eigenvalue weighted by atomic mass is 10.1. The number of nitrogens with zero attached hydrogens (tertiary/aromatic N) is 1. The van der Waals surface area contributed by atoms with Crippen molar-refractivity contribution in [2.75, 3.05) is 36.9 Å². The third-order valence-electron chi connectivity index (χ3n) is 3.47. The molecule has 5 heteroatoms. The van der Waals surface area contributed by atoms with Crippen LogP contribution in [0.1, 0.15) is 18.9 Å². The number of amides is 1. The number of nitrogens with one attached hydrogen (secondary N) is 1. The van der Waals surface area contributed by atoms with Gasteiger partial charge >= 0.3 is 0 Å². The van der Waals surface area contributed by atoms with Crippen molar-refractivity contribution in [2.24, 2.45) is 0 Å². The Morgan fingerprint density at radius 1 is 1.55 bits per heavy atom. The summed E-state index contributed by atoms with van der Waals surface area (Å²) in [6, 6.07) is 5.63. The lowest BCUT2D eigenvalue weighted by Gasteiger charge is -2.37. The number of nitrogen functional groups attached to an aromatic ring is 1. The van der Waals surface area contributed by atoms with Gasteiger partial charge < -0.3 is 20.7 Å². The third-order valence-corrected chi connectivity index (χ3v) is 3.47. The lowest BCUT2D eigenvalue weighted by molar-refractivity contribution is -0.124. The number of hydrogen-bond acceptors (Lipinski definition) is 4. The van der Waals surface area contributed by atoms with Gasteiger partial charge in [0.1, 0.15) is 6.04 Å². The Morgan fingerprint density at radius 2 is 2.35 bits per heavy atom. The minimum absolute atomic E-state index is 0.00604. The minimum Gasteiger partial charge on any atom is -0.397 e. The van der Waals surface area contributed by atoms with E-state index in [1.165, 1.54) is 0 Å². The van der Waals surface area contributed by atoms with E-state index in [4.69, 9.17) is 10.5 Å². The molecule has 0 spiro atoms. The van der Waals surface area contributed by atoms with E-state index in [1.54, 1.807) is 0 Å². The van der Waals surface area contributed by atoms with E-state index in [0.717, 1.165) is 17.7 Å². The Kier molecular flexibility index (Phi) is 4.84. The third kappa shape index (κ3) is 3.22. The fraction of sp³-hybridized carbons (Fsp3) is 0.533. The molecule has 1 saturated heterocycles. The Balaban J connectivity index is 2.19. The van der Waals surface area contributed by atoms with Crippen LogP contribution in [0.5, 0.6) is 0 Å². The summed E-state index contributed by atoms with van der Waals surface area (Å²) in [6.07, 6.45) is 0.923. The van der Waals surface area contributed by atoms with Gasteiger partial charge in [0.05, 0.1) is 24.6 Å². The van der Waals surface area contributed by atoms with Crippen LogP contribution in [0.15, 0.2) is 18.2 Å². The fourth-order valence-corrected chi connectivity index (χ4v) is 2.41. The van der Waals surface area contributed by atoms with Crippen molar-refractivity contribution in [1.29, 1.82) is 0 Å². The normalized spacial score (nSPS) is 18.9. The van der Waals surface area contributed by atoms with E-state index < -0.39 is 0 Å². The van der Waals surface area contributed by atoms with Crippen molar-refractivity contribution < 1.29 is 9.53 Å². The monoisotopic (exact) mass is 277 g/mol. The molecule has 0 aliphatic carbocycles. The Morgan fingerprint density at radius 3 is 3.05 bits per heavy atom. The van der Waals surface area contributed by atoms with Gasteiger partial charge in [0, 0.05) is 13.1 Å². The first-order chi connectivity index (χ1) is 9.63. The first-order valence-electron chi connectivity index (χ1n) is 7.11. The van der Waals surface area contributed by atoms with Gasteiger partial charge in [0.15, 0.2) is 0 Å². The summed E-state index contributed by atoms with van der Waals surface area (Å²) in [4.78, 5) is 14.3. The van der Waals surface area contributed by atoms with E-state index in [9.17, 15) is 4.79 Å². The van der Waals surface area contributed by atoms with Crippen LogP contribution in [0.2, 0.25) is 0 Å². The zero-order valence-corrected chi connectivity index (χ0v) is 12.2. The molecule has 0 saturated carbocycles. The summed E-state index contributed by atoms with van der Waals surface area (Å²) in [5.41, 5.74) is 8.84. The molecular weight excluding hydrogens is 254 g/mol. The smallest absolute Gasteiger partial charge is 0.245 e. The maximum absolute atomic E-state index is 12.2. The molecule has 1 amide bonds. The second kappa shape index (κ2) is 6.61. The van der Waals surface area contributed by atoms with E-state index in [0.29, 0.717) is 32.0 Å². The van der Waals surface area contributed by atoms with Gasteiger partial charge in [-0.05, 0) is 31.0 Å². The van der Waals surface area contributed by atoms with Crippen LogP contribution in [-0.2, 0) is 9.53 Å². The highest BCUT2D eigenvalue weighted by Gasteiger charge is 2.30. The van der Waals surface area contributed by atoms with Crippen molar-refractivity contribution in [3.05, 3.63) is 23.8 Å². The predicted octanol–water partition coefficient (Wildman–Crippen LogP) is 1.31. The number of ether oxygens (including phenoxy) is 1. The summed E-state index contributed by atoms with van der Waals surface area (Å²) >= 11 is 0. The molecule has 1 aromatic carbocycles. The number of hydrogen-bond donors (Lipinski definition) is 2. The molecular formula is C15H23N3O2. The van der Waals surface area contributed by atoms with Crippen LogP contribution < -0.4 is 16.0 Å². The quantitative estimate of drug-likeness (QED) is 0.814. The minimum atomic E-state index is -0.305. The number of morpholine rings is 1. The van der Waals surface area contributed by atoms with E-state index in [2.05, 4.69) is 5.32 Å². The van der Waals surface area contributed by atoms with E-state index in [-0.39, 0.29) is 11.9 Å². The molecule has 1 aromatic rings. The second-order valence-corrected chi connectivity index (χ2v) is 5.14. The van der Waals surface area contributed by atoms with Crippen LogP contribution in [-0.4, -0.2) is 38.3 Å². The van der Waals surface area contributed by atoms with Crippen molar-refractivity contribution >= 4 is 17.3 Å². The zero-order chi connectivity index (χ0) is 14.5. The SMILES string of the molecule is CCCNC(=O)C1COCCN1c1ccc(C)cc1N. The summed E-state index contributed by atoms with van der Waals surface area (Å²) in [7, 11) is 0. The van der Waals surface area contributed by atoms with Crippen molar-refractivity contribution in [3.8, 4) is 0 Å². The van der Waals surface area contributed by atoms with E-state index >= 15 is 0 Å². The Hall–Kier alpha value is -1.75. The molecule has 1 fully saturated rings. The molecule has 1 atom stereocenters. The van der Waals surface area contributed by atoms with Crippen molar-refractivity contribution in [2.45, 2.75) is 26.3 Å². The highest BCUT2D eigenvalue weighted by Crippen LogP contribution is 2.27. The molecule has 0 aromatic heterocycles. The molecule has 20 heavy (non-hydrogen) atoms. The Labute approximate surface area is 120 Å². The molecule has 5 nitrogen and oxygen atoms in total. The summed E-state index contributed by atoms with van der Waals surface area (Å²) < 4.78 is 5.46. The van der Waals surface area contributed by atoms with Gasteiger partial charge in [-0.3, -0.25) is 4.79 Å². The number of nitrogens with two attached hydrogens (primary N) is 1. The van der Waals surface area contributed by atoms with Crippen LogP contribution in [0.25, 0.3) is 0 Å². The maximum atomic E-state index is 12.2. The number of aryl methyl sites for hydroxylation is 1. The van der Waals surface area contributed by atoms with Crippen LogP contribution in [0.4, 0.5) is 11.4 Å². The number of anilines is 2. The lowest BCUT2D eigenvalue weighted by Crippen LogP contribution is -2.54. The average Bonchev–Trinajstić information content (AvgIpc) is 2.45. The molecule has 2 rings (SSSR count). The molecule has 0 bridgehead atoms. The van der Waals surface area contributed by atoms with Crippen molar-refractivity contribution in [3.63, 3.8) is 0 Å². The van der Waals surface area contributed by atoms with Gasteiger partial charge in [-0.2, -0.15) is 0 Å². The first kappa shape index (κ1) is 14.7. The van der Waals surface area contributed by atoms with Gasteiger partial charge in [-0.15, -0.1) is 0 Å². The van der Waals surface area contributed by atoms with Gasteiger partial charge in [-0.1, -0.05) is 13.0 Å². The maximum Gasteiger partial charge on any atom is 0.245 e. The van der Waals surface area contributed by atoms with Crippen LogP contribution in [0.3, 0.4) is 0 Å². The average molecular weight is 277 g/mol. The first-order valence-corrected chi connectivity index (χ1v) is 7.11. The fourth-order valence-electron chi connectivity index (χ4n) is 2.41. The molecule has 110 valence electrons. The van der Waals surface area contributed by atoms with E-state index in [1.807, 2.05) is 36.9 Å². The summed E-state index contributed by atoms with van der Waals surface area (Å²) in [5, 5.41) is 2.93. The predicted molar refractivity (Wildman–Crippen MR) is 80.8 cm³/mol. The van der Waals surface area contributed by atoms with Gasteiger partial charge in [0.2, 0.25) is 5.91 Å². The van der Waals surface area contributed by atoms with Crippen LogP contribution >= 0.6 is 0 Å². The number of carbonyl (C=O) groups excluding carboxylic acids is 1. The molecule has 1 aliphatic rings. The highest BCUT2D eigenvalue weighted by atomic mass is 16.5. The highest BCUT2D eigenvalue weighted by molar-refractivity contribution is 5.87. The largest absolute Gasteiger partial charge is 0.397 e. The number of carbonyl (C=O) groups is 1. The molecule has 3 N–H and O–H groups in total. The molecule has 1 unspecified atom stereocenters.